The Labute approximate surface area is 115 Å². The van der Waals surface area contributed by atoms with Crippen molar-refractivity contribution >= 4 is 29.2 Å². The Morgan fingerprint density at radius 3 is 2.28 bits per heavy atom. The molecular formula is C14H9Cl2O2-. The number of carbonyl (C=O) groups is 1. The minimum Gasteiger partial charge on any atom is -0.550 e. The van der Waals surface area contributed by atoms with Crippen LogP contribution in [0.5, 0.6) is 0 Å². The Bertz CT molecular complexity index is 574. The van der Waals surface area contributed by atoms with Gasteiger partial charge in [0.25, 0.3) is 0 Å². The third-order valence-corrected chi connectivity index (χ3v) is 2.91. The quantitative estimate of drug-likeness (QED) is 0.867. The van der Waals surface area contributed by atoms with E-state index in [9.17, 15) is 9.90 Å². The lowest BCUT2D eigenvalue weighted by atomic mass is 10.0. The first-order valence-corrected chi connectivity index (χ1v) is 6.05. The molecule has 0 amide bonds. The minimum atomic E-state index is -1.10. The number of carboxylic acids is 1. The molecular weight excluding hydrogens is 271 g/mol. The van der Waals surface area contributed by atoms with Crippen LogP contribution in [0.25, 0.3) is 11.1 Å². The summed E-state index contributed by atoms with van der Waals surface area (Å²) in [5.74, 6) is -1.10. The van der Waals surface area contributed by atoms with Crippen LogP contribution in [0, 0.1) is 0 Å². The number of rotatable bonds is 3. The second-order valence-electron chi connectivity index (χ2n) is 3.91. The van der Waals surface area contributed by atoms with E-state index in [1.807, 2.05) is 6.07 Å². The van der Waals surface area contributed by atoms with Gasteiger partial charge in [0.15, 0.2) is 0 Å². The lowest BCUT2D eigenvalue weighted by Gasteiger charge is -2.07. The lowest BCUT2D eigenvalue weighted by Crippen LogP contribution is -2.24. The van der Waals surface area contributed by atoms with Crippen molar-refractivity contribution in [2.75, 3.05) is 0 Å². The molecule has 92 valence electrons. The fraction of sp³-hybridized carbons (Fsp3) is 0.0714. The number of hydrogen-bond acceptors (Lipinski definition) is 2. The van der Waals surface area contributed by atoms with E-state index in [-0.39, 0.29) is 6.42 Å². The molecule has 0 N–H and O–H groups in total. The monoisotopic (exact) mass is 279 g/mol. The van der Waals surface area contributed by atoms with Crippen molar-refractivity contribution in [2.24, 2.45) is 0 Å². The van der Waals surface area contributed by atoms with Gasteiger partial charge in [0.2, 0.25) is 0 Å². The van der Waals surface area contributed by atoms with Gasteiger partial charge >= 0.3 is 0 Å². The largest absolute Gasteiger partial charge is 0.550 e. The highest BCUT2D eigenvalue weighted by Gasteiger charge is 2.03. The first-order chi connectivity index (χ1) is 8.54. The zero-order chi connectivity index (χ0) is 13.1. The molecule has 0 atom stereocenters. The van der Waals surface area contributed by atoms with Crippen molar-refractivity contribution in [3.8, 4) is 11.1 Å². The topological polar surface area (TPSA) is 40.1 Å². The molecule has 2 nitrogen and oxygen atoms in total. The van der Waals surface area contributed by atoms with E-state index in [0.717, 1.165) is 11.1 Å². The van der Waals surface area contributed by atoms with Crippen molar-refractivity contribution in [1.82, 2.24) is 0 Å². The number of carboxylic acid groups (broad SMARTS) is 1. The molecule has 0 spiro atoms. The van der Waals surface area contributed by atoms with Crippen LogP contribution in [-0.2, 0) is 11.2 Å². The number of benzene rings is 2. The number of aliphatic carboxylic acids is 1. The molecule has 0 radical (unpaired) electrons. The summed E-state index contributed by atoms with van der Waals surface area (Å²) in [5.41, 5.74) is 2.41. The van der Waals surface area contributed by atoms with E-state index >= 15 is 0 Å². The molecule has 0 aromatic heterocycles. The zero-order valence-electron chi connectivity index (χ0n) is 9.32. The van der Waals surface area contributed by atoms with Gasteiger partial charge in [0.1, 0.15) is 0 Å². The van der Waals surface area contributed by atoms with Crippen LogP contribution in [0.15, 0.2) is 42.5 Å². The van der Waals surface area contributed by atoms with Gasteiger partial charge in [0, 0.05) is 22.4 Å². The Hall–Kier alpha value is -1.51. The molecule has 4 heteroatoms. The fourth-order valence-electron chi connectivity index (χ4n) is 1.75. The smallest absolute Gasteiger partial charge is 0.0458 e. The average Bonchev–Trinajstić information content (AvgIpc) is 2.27. The third-order valence-electron chi connectivity index (χ3n) is 2.47. The van der Waals surface area contributed by atoms with Crippen LogP contribution in [0.1, 0.15) is 5.56 Å². The highest BCUT2D eigenvalue weighted by atomic mass is 35.5. The van der Waals surface area contributed by atoms with Gasteiger partial charge in [0.05, 0.1) is 0 Å². The predicted octanol–water partition coefficient (Wildman–Crippen LogP) is 2.95. The highest BCUT2D eigenvalue weighted by molar-refractivity contribution is 6.35. The predicted molar refractivity (Wildman–Crippen MR) is 70.6 cm³/mol. The Morgan fingerprint density at radius 2 is 1.67 bits per heavy atom. The highest BCUT2D eigenvalue weighted by Crippen LogP contribution is 2.27. The molecule has 0 saturated carbocycles. The van der Waals surface area contributed by atoms with Crippen molar-refractivity contribution in [3.05, 3.63) is 58.1 Å². The van der Waals surface area contributed by atoms with Crippen LogP contribution in [0.3, 0.4) is 0 Å². The van der Waals surface area contributed by atoms with Crippen LogP contribution < -0.4 is 5.11 Å². The van der Waals surface area contributed by atoms with Crippen molar-refractivity contribution in [3.63, 3.8) is 0 Å². The minimum absolute atomic E-state index is 0.109. The second kappa shape index (κ2) is 5.42. The number of hydrogen-bond donors (Lipinski definition) is 0. The first kappa shape index (κ1) is 12.9. The van der Waals surface area contributed by atoms with E-state index in [1.54, 1.807) is 36.4 Å². The van der Waals surface area contributed by atoms with Crippen molar-refractivity contribution in [1.29, 1.82) is 0 Å². The maximum atomic E-state index is 10.6. The fourth-order valence-corrected chi connectivity index (χ4v) is 2.27. The summed E-state index contributed by atoms with van der Waals surface area (Å²) in [6, 6.07) is 12.4. The summed E-state index contributed by atoms with van der Waals surface area (Å²) in [6.07, 6.45) is -0.109. The van der Waals surface area contributed by atoms with Gasteiger partial charge in [-0.3, -0.25) is 0 Å². The van der Waals surface area contributed by atoms with Gasteiger partial charge in [-0.1, -0.05) is 47.5 Å². The van der Waals surface area contributed by atoms with Gasteiger partial charge in [-0.05, 0) is 34.9 Å². The van der Waals surface area contributed by atoms with E-state index in [2.05, 4.69) is 0 Å². The molecule has 2 aromatic rings. The summed E-state index contributed by atoms with van der Waals surface area (Å²) >= 11 is 11.9. The molecule has 0 aliphatic carbocycles. The molecule has 0 aliphatic rings. The maximum absolute atomic E-state index is 10.6. The van der Waals surface area contributed by atoms with Gasteiger partial charge in [-0.15, -0.1) is 0 Å². The molecule has 0 heterocycles. The molecule has 0 aliphatic heterocycles. The van der Waals surface area contributed by atoms with E-state index in [1.165, 1.54) is 0 Å². The van der Waals surface area contributed by atoms with Crippen LogP contribution in [0.2, 0.25) is 10.0 Å². The Balaban J connectivity index is 2.41. The van der Waals surface area contributed by atoms with E-state index in [4.69, 9.17) is 23.2 Å². The summed E-state index contributed by atoms with van der Waals surface area (Å²) in [4.78, 5) is 10.6. The summed E-state index contributed by atoms with van der Waals surface area (Å²) < 4.78 is 0. The lowest BCUT2D eigenvalue weighted by molar-refractivity contribution is -0.304. The third kappa shape index (κ3) is 3.25. The first-order valence-electron chi connectivity index (χ1n) is 5.30. The van der Waals surface area contributed by atoms with Gasteiger partial charge in [-0.2, -0.15) is 0 Å². The molecule has 0 fully saturated rings. The molecule has 0 saturated heterocycles. The average molecular weight is 280 g/mol. The van der Waals surface area contributed by atoms with Crippen LogP contribution >= 0.6 is 23.2 Å². The summed E-state index contributed by atoms with van der Waals surface area (Å²) in [5, 5.41) is 11.7. The van der Waals surface area contributed by atoms with Crippen LogP contribution in [-0.4, -0.2) is 5.97 Å². The SMILES string of the molecule is O=C([O-])Cc1cccc(-c2cc(Cl)cc(Cl)c2)c1. The maximum Gasteiger partial charge on any atom is 0.0458 e. The molecule has 0 bridgehead atoms. The zero-order valence-corrected chi connectivity index (χ0v) is 10.8. The van der Waals surface area contributed by atoms with E-state index < -0.39 is 5.97 Å². The molecule has 18 heavy (non-hydrogen) atoms. The normalized spacial score (nSPS) is 10.3. The summed E-state index contributed by atoms with van der Waals surface area (Å²) in [7, 11) is 0. The molecule has 2 rings (SSSR count). The Morgan fingerprint density at radius 1 is 1.00 bits per heavy atom. The van der Waals surface area contributed by atoms with Crippen LogP contribution in [0.4, 0.5) is 0 Å². The number of halogens is 2. The molecule has 0 unspecified atom stereocenters. The Kier molecular flexibility index (Phi) is 3.90. The number of carbonyl (C=O) groups excluding carboxylic acids is 1. The van der Waals surface area contributed by atoms with Gasteiger partial charge < -0.3 is 9.90 Å². The van der Waals surface area contributed by atoms with Gasteiger partial charge in [-0.25, -0.2) is 0 Å². The van der Waals surface area contributed by atoms with Crippen molar-refractivity contribution in [2.45, 2.75) is 6.42 Å². The van der Waals surface area contributed by atoms with Crippen molar-refractivity contribution < 1.29 is 9.90 Å². The second-order valence-corrected chi connectivity index (χ2v) is 4.78. The molecule has 2 aromatic carbocycles. The summed E-state index contributed by atoms with van der Waals surface area (Å²) in [6.45, 7) is 0. The van der Waals surface area contributed by atoms with E-state index in [0.29, 0.717) is 15.6 Å². The standard InChI is InChI=1S/C14H10Cl2O2/c15-12-6-11(7-13(16)8-12)10-3-1-2-9(4-10)5-14(17)18/h1-4,6-8H,5H2,(H,17,18)/p-1.